The Morgan fingerprint density at radius 3 is 2.91 bits per heavy atom. The van der Waals surface area contributed by atoms with Crippen molar-refractivity contribution in [3.05, 3.63) is 0 Å². The molecule has 0 aromatic heterocycles. The van der Waals surface area contributed by atoms with Crippen molar-refractivity contribution in [2.24, 2.45) is 0 Å². The summed E-state index contributed by atoms with van der Waals surface area (Å²) in [5.74, 6) is 0.407. The zero-order chi connectivity index (χ0) is 7.68. The van der Waals surface area contributed by atoms with Gasteiger partial charge >= 0.3 is 0 Å². The summed E-state index contributed by atoms with van der Waals surface area (Å²) in [4.78, 5) is 13.5. The van der Waals surface area contributed by atoms with Crippen LogP contribution in [0, 0.1) is 0 Å². The number of amides is 1. The van der Waals surface area contributed by atoms with Gasteiger partial charge in [-0.05, 0) is 25.7 Å². The van der Waals surface area contributed by atoms with Crippen LogP contribution < -0.4 is 0 Å². The van der Waals surface area contributed by atoms with E-state index in [1.54, 1.807) is 0 Å². The molecule has 0 aromatic rings. The maximum Gasteiger partial charge on any atom is 0.222 e. The molecular formula is C9H15NO. The maximum atomic E-state index is 11.4. The molecule has 2 rings (SSSR count). The van der Waals surface area contributed by atoms with E-state index in [1.807, 2.05) is 0 Å². The number of hydrogen-bond donors (Lipinski definition) is 0. The summed E-state index contributed by atoms with van der Waals surface area (Å²) in [6.07, 6.45) is 6.92. The summed E-state index contributed by atoms with van der Waals surface area (Å²) < 4.78 is 0. The molecule has 1 amide bonds. The molecule has 2 saturated heterocycles. The van der Waals surface area contributed by atoms with Gasteiger partial charge in [-0.15, -0.1) is 0 Å². The largest absolute Gasteiger partial charge is 0.340 e. The molecule has 0 aliphatic carbocycles. The van der Waals surface area contributed by atoms with Crippen molar-refractivity contribution in [1.29, 1.82) is 0 Å². The van der Waals surface area contributed by atoms with Crippen LogP contribution >= 0.6 is 0 Å². The summed E-state index contributed by atoms with van der Waals surface area (Å²) >= 11 is 0. The minimum absolute atomic E-state index is 0.407. The molecule has 0 spiro atoms. The van der Waals surface area contributed by atoms with Gasteiger partial charge in [0.05, 0.1) is 0 Å². The van der Waals surface area contributed by atoms with Crippen molar-refractivity contribution in [2.75, 3.05) is 6.54 Å². The van der Waals surface area contributed by atoms with E-state index in [1.165, 1.54) is 25.7 Å². The molecule has 2 aliphatic rings. The van der Waals surface area contributed by atoms with E-state index in [-0.39, 0.29) is 0 Å². The Balaban J connectivity index is 2.09. The van der Waals surface area contributed by atoms with Crippen LogP contribution in [0.25, 0.3) is 0 Å². The van der Waals surface area contributed by atoms with E-state index in [0.717, 1.165) is 19.4 Å². The van der Waals surface area contributed by atoms with E-state index in [4.69, 9.17) is 0 Å². The van der Waals surface area contributed by atoms with Crippen LogP contribution in [0.15, 0.2) is 0 Å². The van der Waals surface area contributed by atoms with Gasteiger partial charge in [0.2, 0.25) is 5.91 Å². The van der Waals surface area contributed by atoms with E-state index in [9.17, 15) is 4.79 Å². The summed E-state index contributed by atoms with van der Waals surface area (Å²) in [6.45, 7) is 1.03. The molecule has 62 valence electrons. The summed E-state index contributed by atoms with van der Waals surface area (Å²) in [6, 6.07) is 0.616. The lowest BCUT2D eigenvalue weighted by Gasteiger charge is -2.21. The van der Waals surface area contributed by atoms with Crippen molar-refractivity contribution in [3.63, 3.8) is 0 Å². The first kappa shape index (κ1) is 7.14. The highest BCUT2D eigenvalue weighted by Gasteiger charge is 2.29. The average molecular weight is 153 g/mol. The Labute approximate surface area is 67.6 Å². The molecule has 11 heavy (non-hydrogen) atoms. The smallest absolute Gasteiger partial charge is 0.222 e. The Morgan fingerprint density at radius 1 is 1.18 bits per heavy atom. The van der Waals surface area contributed by atoms with Crippen LogP contribution in [0.5, 0.6) is 0 Å². The number of carbonyl (C=O) groups excluding carboxylic acids is 1. The maximum absolute atomic E-state index is 11.4. The van der Waals surface area contributed by atoms with Crippen LogP contribution in [0.1, 0.15) is 38.5 Å². The second-order valence-electron chi connectivity index (χ2n) is 3.63. The molecule has 2 nitrogen and oxygen atoms in total. The third-order valence-corrected chi connectivity index (χ3v) is 2.88. The monoisotopic (exact) mass is 153 g/mol. The Morgan fingerprint density at radius 2 is 2.00 bits per heavy atom. The first-order valence-electron chi connectivity index (χ1n) is 4.67. The minimum Gasteiger partial charge on any atom is -0.340 e. The summed E-state index contributed by atoms with van der Waals surface area (Å²) in [5.41, 5.74) is 0. The lowest BCUT2D eigenvalue weighted by Crippen LogP contribution is -2.33. The highest BCUT2D eigenvalue weighted by atomic mass is 16.2. The van der Waals surface area contributed by atoms with Crippen LogP contribution in [-0.2, 0) is 4.79 Å². The van der Waals surface area contributed by atoms with Crippen molar-refractivity contribution in [2.45, 2.75) is 44.6 Å². The number of fused-ring (bicyclic) bond motifs is 1. The second kappa shape index (κ2) is 2.84. The topological polar surface area (TPSA) is 20.3 Å². The van der Waals surface area contributed by atoms with Crippen LogP contribution in [0.4, 0.5) is 0 Å². The predicted octanol–water partition coefficient (Wildman–Crippen LogP) is 1.55. The predicted molar refractivity (Wildman–Crippen MR) is 43.2 cm³/mol. The Kier molecular flexibility index (Phi) is 1.84. The van der Waals surface area contributed by atoms with Gasteiger partial charge in [-0.1, -0.05) is 6.42 Å². The van der Waals surface area contributed by atoms with Crippen molar-refractivity contribution >= 4 is 5.91 Å². The summed E-state index contributed by atoms with van der Waals surface area (Å²) in [5, 5.41) is 0. The molecule has 2 heteroatoms. The first-order valence-corrected chi connectivity index (χ1v) is 4.67. The zero-order valence-electron chi connectivity index (χ0n) is 6.88. The SMILES string of the molecule is O=C1CCCC[C@H]2CCCN12. The van der Waals surface area contributed by atoms with Gasteiger partial charge in [0.25, 0.3) is 0 Å². The fraction of sp³-hybridized carbons (Fsp3) is 0.889. The molecule has 0 N–H and O–H groups in total. The van der Waals surface area contributed by atoms with Gasteiger partial charge in [0, 0.05) is 19.0 Å². The van der Waals surface area contributed by atoms with Crippen LogP contribution in [0.2, 0.25) is 0 Å². The van der Waals surface area contributed by atoms with Crippen LogP contribution in [0.3, 0.4) is 0 Å². The second-order valence-corrected chi connectivity index (χ2v) is 3.63. The molecule has 0 saturated carbocycles. The van der Waals surface area contributed by atoms with Gasteiger partial charge in [-0.2, -0.15) is 0 Å². The van der Waals surface area contributed by atoms with Gasteiger partial charge in [0.15, 0.2) is 0 Å². The number of rotatable bonds is 0. The van der Waals surface area contributed by atoms with Gasteiger partial charge in [-0.3, -0.25) is 4.79 Å². The quantitative estimate of drug-likeness (QED) is 0.517. The number of carbonyl (C=O) groups is 1. The molecule has 2 aliphatic heterocycles. The lowest BCUT2D eigenvalue weighted by molar-refractivity contribution is -0.131. The van der Waals surface area contributed by atoms with E-state index in [0.29, 0.717) is 11.9 Å². The highest BCUT2D eigenvalue weighted by molar-refractivity contribution is 5.77. The van der Waals surface area contributed by atoms with Gasteiger partial charge in [-0.25, -0.2) is 0 Å². The Bertz CT molecular complexity index is 167. The third kappa shape index (κ3) is 1.26. The number of nitrogens with zero attached hydrogens (tertiary/aromatic N) is 1. The average Bonchev–Trinajstić information content (AvgIpc) is 2.40. The molecule has 0 bridgehead atoms. The first-order chi connectivity index (χ1) is 5.38. The normalized spacial score (nSPS) is 31.8. The van der Waals surface area contributed by atoms with Gasteiger partial charge < -0.3 is 4.90 Å². The minimum atomic E-state index is 0.407. The lowest BCUT2D eigenvalue weighted by atomic mass is 10.1. The van der Waals surface area contributed by atoms with Crippen molar-refractivity contribution < 1.29 is 4.79 Å². The van der Waals surface area contributed by atoms with Crippen molar-refractivity contribution in [3.8, 4) is 0 Å². The molecule has 2 heterocycles. The molecule has 2 fully saturated rings. The molecule has 1 atom stereocenters. The third-order valence-electron chi connectivity index (χ3n) is 2.88. The fourth-order valence-electron chi connectivity index (χ4n) is 2.26. The van der Waals surface area contributed by atoms with Gasteiger partial charge in [0.1, 0.15) is 0 Å². The molecule has 0 radical (unpaired) electrons. The fourth-order valence-corrected chi connectivity index (χ4v) is 2.26. The van der Waals surface area contributed by atoms with Crippen molar-refractivity contribution in [1.82, 2.24) is 4.90 Å². The molecule has 0 aromatic carbocycles. The van der Waals surface area contributed by atoms with E-state index >= 15 is 0 Å². The number of hydrogen-bond acceptors (Lipinski definition) is 1. The standard InChI is InChI=1S/C9H15NO/c11-9-6-2-1-4-8-5-3-7-10(8)9/h8H,1-7H2/t8-/m0/s1. The molecule has 0 unspecified atom stereocenters. The van der Waals surface area contributed by atoms with E-state index in [2.05, 4.69) is 4.90 Å². The Hall–Kier alpha value is -0.530. The summed E-state index contributed by atoms with van der Waals surface area (Å²) in [7, 11) is 0. The molecular weight excluding hydrogens is 138 g/mol. The van der Waals surface area contributed by atoms with Crippen LogP contribution in [-0.4, -0.2) is 23.4 Å². The highest BCUT2D eigenvalue weighted by Crippen LogP contribution is 2.26. The zero-order valence-corrected chi connectivity index (χ0v) is 6.88. The van der Waals surface area contributed by atoms with E-state index < -0.39 is 0 Å².